The molecule has 2 amide bonds. The molecule has 1 aromatic carbocycles. The van der Waals surface area contributed by atoms with Crippen LogP contribution in [0.3, 0.4) is 0 Å². The average molecular weight is 367 g/mol. The fourth-order valence-corrected chi connectivity index (χ4v) is 2.94. The second-order valence-corrected chi connectivity index (χ2v) is 6.17. The smallest absolute Gasteiger partial charge is 0.324 e. The minimum atomic E-state index is -0.280. The molecule has 3 heterocycles. The lowest BCUT2D eigenvalue weighted by Gasteiger charge is -2.34. The lowest BCUT2D eigenvalue weighted by atomic mass is 10.1. The molecular formula is C19H18FN5O2. The van der Waals surface area contributed by atoms with E-state index < -0.39 is 0 Å². The van der Waals surface area contributed by atoms with E-state index in [0.717, 1.165) is 11.4 Å². The molecule has 0 spiro atoms. The van der Waals surface area contributed by atoms with E-state index in [0.29, 0.717) is 37.8 Å². The highest BCUT2D eigenvalue weighted by molar-refractivity contribution is 5.88. The number of benzene rings is 1. The summed E-state index contributed by atoms with van der Waals surface area (Å²) >= 11 is 0. The van der Waals surface area contributed by atoms with Crippen LogP contribution in [0.2, 0.25) is 0 Å². The van der Waals surface area contributed by atoms with Crippen molar-refractivity contribution >= 4 is 17.7 Å². The van der Waals surface area contributed by atoms with Crippen molar-refractivity contribution in [1.82, 2.24) is 15.1 Å². The van der Waals surface area contributed by atoms with Crippen molar-refractivity contribution in [2.75, 3.05) is 36.4 Å². The average Bonchev–Trinajstić information content (AvgIpc) is 3.22. The Morgan fingerprint density at radius 1 is 1.00 bits per heavy atom. The molecule has 0 atom stereocenters. The molecule has 0 aliphatic carbocycles. The first kappa shape index (κ1) is 17.0. The van der Waals surface area contributed by atoms with Gasteiger partial charge in [0, 0.05) is 37.8 Å². The highest BCUT2D eigenvalue weighted by Crippen LogP contribution is 2.20. The van der Waals surface area contributed by atoms with Gasteiger partial charge in [0.2, 0.25) is 5.88 Å². The number of amides is 2. The highest BCUT2D eigenvalue weighted by atomic mass is 19.1. The number of rotatable bonds is 3. The summed E-state index contributed by atoms with van der Waals surface area (Å²) < 4.78 is 18.2. The molecule has 0 bridgehead atoms. The number of anilines is 2. The molecule has 1 aliphatic rings. The molecule has 2 aromatic heterocycles. The fourth-order valence-electron chi connectivity index (χ4n) is 2.94. The first-order valence-electron chi connectivity index (χ1n) is 8.63. The summed E-state index contributed by atoms with van der Waals surface area (Å²) in [5, 5.41) is 11.2. The Kier molecular flexibility index (Phi) is 4.69. The van der Waals surface area contributed by atoms with Crippen LogP contribution < -0.4 is 10.2 Å². The van der Waals surface area contributed by atoms with Crippen molar-refractivity contribution in [3.8, 4) is 11.3 Å². The van der Waals surface area contributed by atoms with Gasteiger partial charge in [0.1, 0.15) is 5.82 Å². The Labute approximate surface area is 155 Å². The molecule has 0 radical (unpaired) electrons. The summed E-state index contributed by atoms with van der Waals surface area (Å²) in [4.78, 5) is 16.0. The van der Waals surface area contributed by atoms with Crippen molar-refractivity contribution in [1.29, 1.82) is 0 Å². The zero-order valence-corrected chi connectivity index (χ0v) is 14.5. The van der Waals surface area contributed by atoms with E-state index in [1.54, 1.807) is 29.2 Å². The number of piperazine rings is 1. The van der Waals surface area contributed by atoms with E-state index in [4.69, 9.17) is 4.42 Å². The summed E-state index contributed by atoms with van der Waals surface area (Å²) in [7, 11) is 0. The largest absolute Gasteiger partial charge is 0.449 e. The number of nitrogens with one attached hydrogen (secondary N) is 1. The molecule has 4 rings (SSSR count). The van der Waals surface area contributed by atoms with Crippen molar-refractivity contribution in [2.24, 2.45) is 0 Å². The molecule has 0 unspecified atom stereocenters. The number of hydrogen-bond donors (Lipinski definition) is 1. The van der Waals surface area contributed by atoms with Gasteiger partial charge in [0.25, 0.3) is 0 Å². The lowest BCUT2D eigenvalue weighted by molar-refractivity contribution is 0.207. The van der Waals surface area contributed by atoms with Crippen molar-refractivity contribution in [3.63, 3.8) is 0 Å². The SMILES string of the molecule is O=C(Nc1ccco1)N1CCN(c2ccc(-c3ccc(F)cc3)nn2)CC1. The van der Waals surface area contributed by atoms with Gasteiger partial charge < -0.3 is 14.2 Å². The minimum absolute atomic E-state index is 0.178. The van der Waals surface area contributed by atoms with Gasteiger partial charge in [-0.3, -0.25) is 5.32 Å². The molecular weight excluding hydrogens is 349 g/mol. The Balaban J connectivity index is 1.35. The number of urea groups is 1. The van der Waals surface area contributed by atoms with Crippen molar-refractivity contribution in [2.45, 2.75) is 0 Å². The molecule has 1 aliphatic heterocycles. The van der Waals surface area contributed by atoms with Gasteiger partial charge in [-0.2, -0.15) is 0 Å². The van der Waals surface area contributed by atoms with Gasteiger partial charge >= 0.3 is 6.03 Å². The number of hydrogen-bond acceptors (Lipinski definition) is 5. The maximum absolute atomic E-state index is 13.0. The van der Waals surface area contributed by atoms with Crippen LogP contribution in [-0.2, 0) is 0 Å². The van der Waals surface area contributed by atoms with E-state index in [2.05, 4.69) is 20.4 Å². The lowest BCUT2D eigenvalue weighted by Crippen LogP contribution is -2.50. The third-order valence-electron chi connectivity index (χ3n) is 4.43. The van der Waals surface area contributed by atoms with Crippen LogP contribution in [0.15, 0.2) is 59.2 Å². The molecule has 1 fully saturated rings. The van der Waals surface area contributed by atoms with Gasteiger partial charge in [-0.25, -0.2) is 9.18 Å². The number of furan rings is 1. The van der Waals surface area contributed by atoms with E-state index in [1.807, 2.05) is 12.1 Å². The summed E-state index contributed by atoms with van der Waals surface area (Å²) in [5.41, 5.74) is 1.50. The van der Waals surface area contributed by atoms with E-state index in [-0.39, 0.29) is 11.8 Å². The second-order valence-electron chi connectivity index (χ2n) is 6.17. The molecule has 0 saturated carbocycles. The molecule has 27 heavy (non-hydrogen) atoms. The Bertz CT molecular complexity index is 889. The Morgan fingerprint density at radius 2 is 1.78 bits per heavy atom. The summed E-state index contributed by atoms with van der Waals surface area (Å²) in [6, 6.07) is 13.2. The molecule has 1 saturated heterocycles. The van der Waals surface area contributed by atoms with Crippen LogP contribution in [0.5, 0.6) is 0 Å². The first-order valence-corrected chi connectivity index (χ1v) is 8.63. The topological polar surface area (TPSA) is 74.5 Å². The van der Waals surface area contributed by atoms with Crippen LogP contribution in [0, 0.1) is 5.82 Å². The second kappa shape index (κ2) is 7.45. The van der Waals surface area contributed by atoms with E-state index in [1.165, 1.54) is 18.4 Å². The summed E-state index contributed by atoms with van der Waals surface area (Å²) in [6.07, 6.45) is 1.52. The van der Waals surface area contributed by atoms with Crippen LogP contribution in [0.4, 0.5) is 20.9 Å². The van der Waals surface area contributed by atoms with Gasteiger partial charge in [-0.05, 0) is 42.5 Å². The van der Waals surface area contributed by atoms with Crippen LogP contribution in [0.1, 0.15) is 0 Å². The third kappa shape index (κ3) is 3.89. The zero-order valence-electron chi connectivity index (χ0n) is 14.5. The maximum atomic E-state index is 13.0. The number of aromatic nitrogens is 2. The van der Waals surface area contributed by atoms with Gasteiger partial charge in [-0.1, -0.05) is 0 Å². The standard InChI is InChI=1S/C19H18FN5O2/c20-15-5-3-14(4-6-15)16-7-8-17(23-22-16)24-9-11-25(12-10-24)19(26)21-18-2-1-13-27-18/h1-8,13H,9-12H2,(H,21,26). The number of carbonyl (C=O) groups excluding carboxylic acids is 1. The fraction of sp³-hybridized carbons (Fsp3) is 0.211. The molecule has 3 aromatic rings. The number of carbonyl (C=O) groups is 1. The van der Waals surface area contributed by atoms with E-state index >= 15 is 0 Å². The van der Waals surface area contributed by atoms with Crippen molar-refractivity contribution in [3.05, 3.63) is 60.6 Å². The van der Waals surface area contributed by atoms with Crippen LogP contribution in [-0.4, -0.2) is 47.3 Å². The normalized spacial score (nSPS) is 14.3. The quantitative estimate of drug-likeness (QED) is 0.769. The van der Waals surface area contributed by atoms with Crippen LogP contribution >= 0.6 is 0 Å². The van der Waals surface area contributed by atoms with E-state index in [9.17, 15) is 9.18 Å². The molecule has 7 nitrogen and oxygen atoms in total. The van der Waals surface area contributed by atoms with Crippen molar-refractivity contribution < 1.29 is 13.6 Å². The van der Waals surface area contributed by atoms with Gasteiger partial charge in [0.05, 0.1) is 12.0 Å². The molecule has 8 heteroatoms. The highest BCUT2D eigenvalue weighted by Gasteiger charge is 2.22. The van der Waals surface area contributed by atoms with Gasteiger partial charge in [0.15, 0.2) is 5.82 Å². The Hall–Kier alpha value is -3.42. The third-order valence-corrected chi connectivity index (χ3v) is 4.43. The number of halogens is 1. The van der Waals surface area contributed by atoms with Crippen LogP contribution in [0.25, 0.3) is 11.3 Å². The van der Waals surface area contributed by atoms with Gasteiger partial charge in [-0.15, -0.1) is 10.2 Å². The Morgan fingerprint density at radius 3 is 2.41 bits per heavy atom. The molecule has 138 valence electrons. The zero-order chi connectivity index (χ0) is 18.6. The predicted molar refractivity (Wildman–Crippen MR) is 98.9 cm³/mol. The maximum Gasteiger partial charge on any atom is 0.324 e. The minimum Gasteiger partial charge on any atom is -0.449 e. The predicted octanol–water partition coefficient (Wildman–Crippen LogP) is 3.23. The summed E-state index contributed by atoms with van der Waals surface area (Å²) in [5.74, 6) is 0.911. The number of nitrogens with zero attached hydrogens (tertiary/aromatic N) is 4. The summed E-state index contributed by atoms with van der Waals surface area (Å²) in [6.45, 7) is 2.48. The monoisotopic (exact) mass is 367 g/mol. The molecule has 1 N–H and O–H groups in total. The first-order chi connectivity index (χ1) is 13.2.